The van der Waals surface area contributed by atoms with Gasteiger partial charge in [-0.15, -0.1) is 0 Å². The second-order valence-corrected chi connectivity index (χ2v) is 4.09. The Morgan fingerprint density at radius 1 is 1.18 bits per heavy atom. The van der Waals surface area contributed by atoms with E-state index in [4.69, 9.17) is 11.6 Å². The quantitative estimate of drug-likeness (QED) is 0.659. The first-order valence-electron chi connectivity index (χ1n) is 4.99. The molecule has 5 nitrogen and oxygen atoms in total. The second-order valence-electron chi connectivity index (χ2n) is 3.65. The summed E-state index contributed by atoms with van der Waals surface area (Å²) >= 11 is 5.89. The molecule has 0 aliphatic carbocycles. The van der Waals surface area contributed by atoms with Crippen molar-refractivity contribution in [2.24, 2.45) is 7.05 Å². The Balaban J connectivity index is 2.20. The van der Waals surface area contributed by atoms with Crippen molar-refractivity contribution in [3.05, 3.63) is 36.0 Å². The lowest BCUT2D eigenvalue weighted by Gasteiger charge is -2.00. The summed E-state index contributed by atoms with van der Waals surface area (Å²) in [5, 5.41) is 0.566. The smallest absolute Gasteiger partial charge is 0.163 e. The van der Waals surface area contributed by atoms with Crippen molar-refractivity contribution in [1.29, 1.82) is 0 Å². The molecule has 0 amide bonds. The number of rotatable bonds is 1. The molecule has 0 aliphatic heterocycles. The zero-order chi connectivity index (χ0) is 11.8. The zero-order valence-corrected chi connectivity index (χ0v) is 9.76. The average Bonchev–Trinajstić information content (AvgIpc) is 2.71. The van der Waals surface area contributed by atoms with Gasteiger partial charge in [-0.25, -0.2) is 15.0 Å². The molecular weight excluding hydrogens is 238 g/mol. The molecule has 0 N–H and O–H groups in total. The van der Waals surface area contributed by atoms with E-state index in [0.717, 1.165) is 16.7 Å². The Morgan fingerprint density at radius 2 is 2.06 bits per heavy atom. The van der Waals surface area contributed by atoms with Gasteiger partial charge in [0.25, 0.3) is 0 Å². The molecule has 84 valence electrons. The Morgan fingerprint density at radius 3 is 2.88 bits per heavy atom. The van der Waals surface area contributed by atoms with Crippen LogP contribution in [0.15, 0.2) is 31.0 Å². The topological polar surface area (TPSA) is 56.5 Å². The van der Waals surface area contributed by atoms with Crippen molar-refractivity contribution in [1.82, 2.24) is 24.5 Å². The van der Waals surface area contributed by atoms with Crippen LogP contribution < -0.4 is 0 Å². The van der Waals surface area contributed by atoms with Crippen LogP contribution >= 0.6 is 11.6 Å². The highest BCUT2D eigenvalue weighted by atomic mass is 35.5. The summed E-state index contributed by atoms with van der Waals surface area (Å²) in [6.07, 6.45) is 6.66. The van der Waals surface area contributed by atoms with Crippen LogP contribution in [0.3, 0.4) is 0 Å². The molecule has 0 bridgehead atoms. The monoisotopic (exact) mass is 245 g/mol. The molecule has 3 rings (SSSR count). The zero-order valence-electron chi connectivity index (χ0n) is 9.00. The van der Waals surface area contributed by atoms with Gasteiger partial charge in [0.1, 0.15) is 5.52 Å². The maximum absolute atomic E-state index is 5.89. The van der Waals surface area contributed by atoms with Gasteiger partial charge in [-0.05, 0) is 6.07 Å². The number of imidazole rings is 1. The van der Waals surface area contributed by atoms with E-state index in [9.17, 15) is 0 Å². The number of hydrogen-bond donors (Lipinski definition) is 0. The van der Waals surface area contributed by atoms with Gasteiger partial charge in [0, 0.05) is 25.0 Å². The number of aryl methyl sites for hydroxylation is 1. The fourth-order valence-corrected chi connectivity index (χ4v) is 1.77. The van der Waals surface area contributed by atoms with E-state index in [2.05, 4.69) is 19.9 Å². The van der Waals surface area contributed by atoms with Crippen LogP contribution in [-0.2, 0) is 7.05 Å². The Kier molecular flexibility index (Phi) is 2.26. The van der Waals surface area contributed by atoms with Crippen molar-refractivity contribution in [3.8, 4) is 11.4 Å². The number of nitrogens with zero attached hydrogens (tertiary/aromatic N) is 5. The third-order valence-corrected chi connectivity index (χ3v) is 2.62. The molecule has 0 radical (unpaired) electrons. The average molecular weight is 246 g/mol. The summed E-state index contributed by atoms with van der Waals surface area (Å²) in [5.74, 6) is 0.594. The highest BCUT2D eigenvalue weighted by Crippen LogP contribution is 2.19. The van der Waals surface area contributed by atoms with Gasteiger partial charge in [-0.1, -0.05) is 11.6 Å². The van der Waals surface area contributed by atoms with E-state index in [1.54, 1.807) is 31.0 Å². The first-order valence-corrected chi connectivity index (χ1v) is 5.37. The number of halogens is 1. The van der Waals surface area contributed by atoms with Crippen LogP contribution in [0.2, 0.25) is 5.02 Å². The molecule has 6 heteroatoms. The maximum Gasteiger partial charge on any atom is 0.163 e. The Hall–Kier alpha value is -2.01. The maximum atomic E-state index is 5.89. The van der Waals surface area contributed by atoms with Crippen LogP contribution in [0.25, 0.3) is 22.6 Å². The van der Waals surface area contributed by atoms with E-state index in [-0.39, 0.29) is 0 Å². The number of hydrogen-bond acceptors (Lipinski definition) is 4. The van der Waals surface area contributed by atoms with Crippen LogP contribution in [0.5, 0.6) is 0 Å². The second kappa shape index (κ2) is 3.78. The van der Waals surface area contributed by atoms with Crippen molar-refractivity contribution >= 4 is 22.8 Å². The molecule has 3 heterocycles. The van der Waals surface area contributed by atoms with Gasteiger partial charge >= 0.3 is 0 Å². The van der Waals surface area contributed by atoms with Crippen LogP contribution in [0, 0.1) is 0 Å². The van der Waals surface area contributed by atoms with Gasteiger partial charge < -0.3 is 4.57 Å². The minimum Gasteiger partial charge on any atom is -0.318 e. The number of fused-ring (bicyclic) bond motifs is 1. The van der Waals surface area contributed by atoms with E-state index < -0.39 is 0 Å². The molecule has 3 aromatic heterocycles. The molecule has 3 aromatic rings. The van der Waals surface area contributed by atoms with Crippen molar-refractivity contribution in [3.63, 3.8) is 0 Å². The molecule has 0 aromatic carbocycles. The van der Waals surface area contributed by atoms with E-state index in [0.29, 0.717) is 10.8 Å². The van der Waals surface area contributed by atoms with E-state index in [1.165, 1.54) is 0 Å². The first kappa shape index (κ1) is 10.2. The lowest BCUT2D eigenvalue weighted by atomic mass is 10.2. The first-order chi connectivity index (χ1) is 8.24. The fourth-order valence-electron chi connectivity index (χ4n) is 1.59. The van der Waals surface area contributed by atoms with Gasteiger partial charge in [0.2, 0.25) is 0 Å². The van der Waals surface area contributed by atoms with Crippen molar-refractivity contribution in [2.75, 3.05) is 0 Å². The molecule has 0 aliphatic rings. The molecule has 17 heavy (non-hydrogen) atoms. The lowest BCUT2D eigenvalue weighted by Crippen LogP contribution is -1.93. The number of aromatic nitrogens is 5. The van der Waals surface area contributed by atoms with Gasteiger partial charge in [-0.2, -0.15) is 0 Å². The van der Waals surface area contributed by atoms with E-state index in [1.807, 2.05) is 11.6 Å². The highest BCUT2D eigenvalue weighted by Gasteiger charge is 2.07. The Labute approximate surface area is 102 Å². The van der Waals surface area contributed by atoms with Gasteiger partial charge in [0.15, 0.2) is 11.5 Å². The predicted octanol–water partition coefficient (Wildman–Crippen LogP) is 2.08. The fraction of sp³-hybridized carbons (Fsp3) is 0.0909. The molecule has 0 saturated heterocycles. The molecule has 0 fully saturated rings. The van der Waals surface area contributed by atoms with Crippen molar-refractivity contribution in [2.45, 2.75) is 0 Å². The largest absolute Gasteiger partial charge is 0.318 e. The minimum atomic E-state index is 0.566. The van der Waals surface area contributed by atoms with Gasteiger partial charge in [0.05, 0.1) is 17.5 Å². The summed E-state index contributed by atoms with van der Waals surface area (Å²) in [5.41, 5.74) is 2.35. The van der Waals surface area contributed by atoms with E-state index >= 15 is 0 Å². The normalized spacial score (nSPS) is 10.9. The third kappa shape index (κ3) is 1.74. The number of pyridine rings is 1. The van der Waals surface area contributed by atoms with Crippen LogP contribution in [-0.4, -0.2) is 24.5 Å². The van der Waals surface area contributed by atoms with Crippen molar-refractivity contribution < 1.29 is 0 Å². The lowest BCUT2D eigenvalue weighted by molar-refractivity contribution is 0.929. The van der Waals surface area contributed by atoms with Gasteiger partial charge in [-0.3, -0.25) is 4.98 Å². The predicted molar refractivity (Wildman–Crippen MR) is 64.5 cm³/mol. The third-order valence-electron chi connectivity index (χ3n) is 2.42. The molecule has 0 spiro atoms. The minimum absolute atomic E-state index is 0.566. The molecule has 0 atom stereocenters. The SMILES string of the molecule is Cn1cnc2cnc(-c3cncc(Cl)c3)nc21. The Bertz CT molecular complexity index is 691. The highest BCUT2D eigenvalue weighted by molar-refractivity contribution is 6.30. The standard InChI is InChI=1S/C11H8ClN5/c1-17-6-15-9-5-14-10(16-11(9)17)7-2-8(12)4-13-3-7/h2-6H,1H3. The molecule has 0 unspecified atom stereocenters. The summed E-state index contributed by atoms with van der Waals surface area (Å²) in [7, 11) is 1.89. The molecule has 0 saturated carbocycles. The summed E-state index contributed by atoms with van der Waals surface area (Å²) in [6.45, 7) is 0. The molecular formula is C11H8ClN5. The summed E-state index contributed by atoms with van der Waals surface area (Å²) < 4.78 is 1.85. The summed E-state index contributed by atoms with van der Waals surface area (Å²) in [6, 6.07) is 1.78. The van der Waals surface area contributed by atoms with Crippen LogP contribution in [0.1, 0.15) is 0 Å². The summed E-state index contributed by atoms with van der Waals surface area (Å²) in [4.78, 5) is 16.9. The van der Waals surface area contributed by atoms with Crippen LogP contribution in [0.4, 0.5) is 0 Å².